The maximum Gasteiger partial charge on any atom is 0.171 e. The van der Waals surface area contributed by atoms with Crippen LogP contribution in [0, 0.1) is 0 Å². The van der Waals surface area contributed by atoms with Crippen molar-refractivity contribution in [1.29, 1.82) is 0 Å². The molecule has 1 aromatic rings. The van der Waals surface area contributed by atoms with Crippen LogP contribution in [0.15, 0.2) is 18.3 Å². The molecule has 0 amide bonds. The van der Waals surface area contributed by atoms with E-state index in [9.17, 15) is 0 Å². The topological polar surface area (TPSA) is 34.6 Å². The van der Waals surface area contributed by atoms with Gasteiger partial charge in [0.05, 0.1) is 25.9 Å². The van der Waals surface area contributed by atoms with Crippen LogP contribution >= 0.6 is 11.6 Å². The van der Waals surface area contributed by atoms with Crippen LogP contribution in [-0.4, -0.2) is 43.3 Å². The van der Waals surface area contributed by atoms with E-state index in [1.54, 1.807) is 6.20 Å². The molecule has 4 nitrogen and oxygen atoms in total. The monoisotopic (exact) mass is 256 g/mol. The quantitative estimate of drug-likeness (QED) is 0.771. The Kier molecular flexibility index (Phi) is 4.45. The minimum absolute atomic E-state index is 0.166. The second-order valence-electron chi connectivity index (χ2n) is 3.83. The Morgan fingerprint density at radius 2 is 2.53 bits per heavy atom. The highest BCUT2D eigenvalue weighted by Crippen LogP contribution is 2.28. The number of pyridine rings is 1. The summed E-state index contributed by atoms with van der Waals surface area (Å²) >= 11 is 5.96. The highest BCUT2D eigenvalue weighted by Gasteiger charge is 2.25. The summed E-state index contributed by atoms with van der Waals surface area (Å²) < 4.78 is 11.0. The molecule has 0 N–H and O–H groups in total. The fourth-order valence-corrected chi connectivity index (χ4v) is 2.18. The van der Waals surface area contributed by atoms with E-state index in [2.05, 4.69) is 9.88 Å². The van der Waals surface area contributed by atoms with E-state index in [0.717, 1.165) is 18.1 Å². The number of morpholine rings is 1. The smallest absolute Gasteiger partial charge is 0.171 e. The van der Waals surface area contributed by atoms with Crippen LogP contribution in [0.4, 0.5) is 5.82 Å². The molecule has 1 aliphatic rings. The molecule has 1 saturated heterocycles. The highest BCUT2D eigenvalue weighted by molar-refractivity contribution is 6.18. The normalized spacial score (nSPS) is 20.4. The van der Waals surface area contributed by atoms with Gasteiger partial charge in [-0.3, -0.25) is 0 Å². The summed E-state index contributed by atoms with van der Waals surface area (Å²) in [6, 6.07) is 3.98. The molecule has 17 heavy (non-hydrogen) atoms. The summed E-state index contributed by atoms with van der Waals surface area (Å²) in [4.78, 5) is 6.57. The Morgan fingerprint density at radius 1 is 1.65 bits per heavy atom. The van der Waals surface area contributed by atoms with Gasteiger partial charge in [-0.2, -0.15) is 0 Å². The standard InChI is InChI=1S/C12H17ClN2O2/c1-2-17-11-4-3-5-14-12(11)15-6-7-16-9-10(15)8-13/h3-5,10H,2,6-9H2,1H3. The number of hydrogen-bond acceptors (Lipinski definition) is 4. The molecule has 0 radical (unpaired) electrons. The zero-order chi connectivity index (χ0) is 12.1. The number of ether oxygens (including phenoxy) is 2. The molecule has 5 heteroatoms. The average molecular weight is 257 g/mol. The predicted molar refractivity (Wildman–Crippen MR) is 68.1 cm³/mol. The van der Waals surface area contributed by atoms with Crippen molar-refractivity contribution in [2.75, 3.05) is 37.1 Å². The Morgan fingerprint density at radius 3 is 3.29 bits per heavy atom. The molecule has 0 saturated carbocycles. The van der Waals surface area contributed by atoms with Crippen molar-refractivity contribution in [3.8, 4) is 5.75 Å². The second-order valence-corrected chi connectivity index (χ2v) is 4.14. The number of aromatic nitrogens is 1. The maximum atomic E-state index is 5.96. The Hall–Kier alpha value is -1.00. The number of halogens is 1. The minimum Gasteiger partial charge on any atom is -0.490 e. The first kappa shape index (κ1) is 12.5. The van der Waals surface area contributed by atoms with E-state index >= 15 is 0 Å². The molecular weight excluding hydrogens is 240 g/mol. The van der Waals surface area contributed by atoms with Crippen molar-refractivity contribution < 1.29 is 9.47 Å². The number of alkyl halides is 1. The van der Waals surface area contributed by atoms with Gasteiger partial charge in [0.25, 0.3) is 0 Å². The van der Waals surface area contributed by atoms with Crippen LogP contribution in [0.1, 0.15) is 6.92 Å². The van der Waals surface area contributed by atoms with Crippen LogP contribution in [0.3, 0.4) is 0 Å². The van der Waals surface area contributed by atoms with Crippen LogP contribution in [-0.2, 0) is 4.74 Å². The molecule has 94 valence electrons. The van der Waals surface area contributed by atoms with Crippen molar-refractivity contribution in [3.05, 3.63) is 18.3 Å². The third-order valence-electron chi connectivity index (χ3n) is 2.73. The molecule has 1 fully saturated rings. The van der Waals surface area contributed by atoms with E-state index in [-0.39, 0.29) is 6.04 Å². The molecule has 0 aliphatic carbocycles. The fraction of sp³-hybridized carbons (Fsp3) is 0.583. The molecule has 0 aromatic carbocycles. The van der Waals surface area contributed by atoms with Crippen LogP contribution < -0.4 is 9.64 Å². The lowest BCUT2D eigenvalue weighted by Gasteiger charge is -2.36. The van der Waals surface area contributed by atoms with Gasteiger partial charge in [-0.1, -0.05) is 0 Å². The fourth-order valence-electron chi connectivity index (χ4n) is 1.93. The lowest BCUT2D eigenvalue weighted by atomic mass is 10.2. The summed E-state index contributed by atoms with van der Waals surface area (Å²) in [5.74, 6) is 2.21. The first-order valence-corrected chi connectivity index (χ1v) is 6.38. The minimum atomic E-state index is 0.166. The van der Waals surface area contributed by atoms with Crippen molar-refractivity contribution in [3.63, 3.8) is 0 Å². The summed E-state index contributed by atoms with van der Waals surface area (Å²) in [6.07, 6.45) is 1.78. The average Bonchev–Trinajstić information content (AvgIpc) is 2.40. The molecule has 2 rings (SSSR count). The summed E-state index contributed by atoms with van der Waals surface area (Å²) in [5, 5.41) is 0. The van der Waals surface area contributed by atoms with Crippen molar-refractivity contribution >= 4 is 17.4 Å². The lowest BCUT2D eigenvalue weighted by molar-refractivity contribution is 0.0990. The maximum absolute atomic E-state index is 5.96. The summed E-state index contributed by atoms with van der Waals surface area (Å²) in [6.45, 7) is 4.75. The predicted octanol–water partition coefficient (Wildman–Crippen LogP) is 1.92. The van der Waals surface area contributed by atoms with E-state index < -0.39 is 0 Å². The second kappa shape index (κ2) is 6.07. The number of anilines is 1. The molecule has 2 heterocycles. The molecule has 1 unspecified atom stereocenters. The molecule has 1 aromatic heterocycles. The van der Waals surface area contributed by atoms with Gasteiger partial charge in [-0.05, 0) is 19.1 Å². The number of hydrogen-bond donors (Lipinski definition) is 0. The molecule has 1 atom stereocenters. The first-order valence-electron chi connectivity index (χ1n) is 5.85. The van der Waals surface area contributed by atoms with Gasteiger partial charge in [0.2, 0.25) is 0 Å². The molecule has 0 spiro atoms. The Bertz CT molecular complexity index is 362. The van der Waals surface area contributed by atoms with Crippen molar-refractivity contribution in [1.82, 2.24) is 4.98 Å². The Labute approximate surface area is 106 Å². The summed E-state index contributed by atoms with van der Waals surface area (Å²) in [7, 11) is 0. The van der Waals surface area contributed by atoms with E-state index in [0.29, 0.717) is 25.7 Å². The van der Waals surface area contributed by atoms with Gasteiger partial charge in [0.1, 0.15) is 0 Å². The molecular formula is C12H17ClN2O2. The van der Waals surface area contributed by atoms with E-state index in [1.807, 2.05) is 19.1 Å². The number of rotatable bonds is 4. The lowest BCUT2D eigenvalue weighted by Crippen LogP contribution is -2.47. The van der Waals surface area contributed by atoms with Crippen molar-refractivity contribution in [2.24, 2.45) is 0 Å². The van der Waals surface area contributed by atoms with Gasteiger partial charge in [0, 0.05) is 18.6 Å². The van der Waals surface area contributed by atoms with E-state index in [4.69, 9.17) is 21.1 Å². The SMILES string of the molecule is CCOc1cccnc1N1CCOCC1CCl. The van der Waals surface area contributed by atoms with Crippen LogP contribution in [0.5, 0.6) is 5.75 Å². The van der Waals surface area contributed by atoms with Gasteiger partial charge in [-0.25, -0.2) is 4.98 Å². The van der Waals surface area contributed by atoms with Gasteiger partial charge in [0.15, 0.2) is 11.6 Å². The number of nitrogens with zero attached hydrogens (tertiary/aromatic N) is 2. The first-order chi connectivity index (χ1) is 8.36. The highest BCUT2D eigenvalue weighted by atomic mass is 35.5. The molecule has 0 bridgehead atoms. The van der Waals surface area contributed by atoms with Gasteiger partial charge < -0.3 is 14.4 Å². The van der Waals surface area contributed by atoms with Gasteiger partial charge in [-0.15, -0.1) is 11.6 Å². The largest absolute Gasteiger partial charge is 0.490 e. The zero-order valence-electron chi connectivity index (χ0n) is 9.93. The third kappa shape index (κ3) is 2.82. The summed E-state index contributed by atoms with van der Waals surface area (Å²) in [5.41, 5.74) is 0. The van der Waals surface area contributed by atoms with Crippen molar-refractivity contribution in [2.45, 2.75) is 13.0 Å². The van der Waals surface area contributed by atoms with E-state index in [1.165, 1.54) is 0 Å². The third-order valence-corrected chi connectivity index (χ3v) is 3.08. The zero-order valence-corrected chi connectivity index (χ0v) is 10.7. The van der Waals surface area contributed by atoms with Gasteiger partial charge >= 0.3 is 0 Å². The van der Waals surface area contributed by atoms with Crippen LogP contribution in [0.2, 0.25) is 0 Å². The Balaban J connectivity index is 2.24. The van der Waals surface area contributed by atoms with Crippen LogP contribution in [0.25, 0.3) is 0 Å². The molecule has 1 aliphatic heterocycles.